The molecule has 20 heavy (non-hydrogen) atoms. The van der Waals surface area contributed by atoms with Crippen molar-refractivity contribution in [2.45, 2.75) is 19.3 Å². The SMILES string of the molecule is CN(CCCCCO)c1cc([N+](=O)[O-])ccc1C(=O)O. The zero-order valence-corrected chi connectivity index (χ0v) is 11.3. The van der Waals surface area contributed by atoms with Crippen LogP contribution in [0.5, 0.6) is 0 Å². The van der Waals surface area contributed by atoms with Crippen molar-refractivity contribution in [3.8, 4) is 0 Å². The van der Waals surface area contributed by atoms with Gasteiger partial charge in [0.05, 0.1) is 16.2 Å². The lowest BCUT2D eigenvalue weighted by molar-refractivity contribution is -0.384. The normalized spacial score (nSPS) is 10.3. The van der Waals surface area contributed by atoms with Gasteiger partial charge in [-0.2, -0.15) is 0 Å². The minimum atomic E-state index is -1.11. The number of non-ortho nitro benzene ring substituents is 1. The first kappa shape index (κ1) is 15.9. The molecular weight excluding hydrogens is 264 g/mol. The number of carboxylic acids is 1. The van der Waals surface area contributed by atoms with Gasteiger partial charge in [-0.25, -0.2) is 4.79 Å². The molecule has 1 aromatic rings. The summed E-state index contributed by atoms with van der Waals surface area (Å²) in [5.74, 6) is -1.11. The number of carboxylic acid groups (broad SMARTS) is 1. The highest BCUT2D eigenvalue weighted by Gasteiger charge is 2.17. The average molecular weight is 282 g/mol. The molecule has 1 rings (SSSR count). The molecule has 0 radical (unpaired) electrons. The number of nitro groups is 1. The molecular formula is C13H18N2O5. The van der Waals surface area contributed by atoms with Crippen LogP contribution in [0.25, 0.3) is 0 Å². The molecule has 0 aliphatic carbocycles. The summed E-state index contributed by atoms with van der Waals surface area (Å²) in [6.07, 6.45) is 2.28. The number of nitro benzene ring substituents is 1. The van der Waals surface area contributed by atoms with Gasteiger partial charge in [0.25, 0.3) is 5.69 Å². The van der Waals surface area contributed by atoms with E-state index in [4.69, 9.17) is 10.2 Å². The Morgan fingerprint density at radius 2 is 2.05 bits per heavy atom. The van der Waals surface area contributed by atoms with Crippen LogP contribution in [0.1, 0.15) is 29.6 Å². The number of nitrogens with zero attached hydrogens (tertiary/aromatic N) is 2. The number of hydrogen-bond acceptors (Lipinski definition) is 5. The summed E-state index contributed by atoms with van der Waals surface area (Å²) >= 11 is 0. The zero-order valence-electron chi connectivity index (χ0n) is 11.3. The van der Waals surface area contributed by atoms with Gasteiger partial charge in [-0.1, -0.05) is 0 Å². The molecule has 0 atom stereocenters. The minimum Gasteiger partial charge on any atom is -0.478 e. The molecule has 0 heterocycles. The molecule has 7 nitrogen and oxygen atoms in total. The molecule has 0 aromatic heterocycles. The van der Waals surface area contributed by atoms with E-state index in [1.54, 1.807) is 11.9 Å². The maximum Gasteiger partial charge on any atom is 0.337 e. The van der Waals surface area contributed by atoms with E-state index in [1.165, 1.54) is 18.2 Å². The van der Waals surface area contributed by atoms with Crippen LogP contribution in [-0.2, 0) is 0 Å². The van der Waals surface area contributed by atoms with Crippen molar-refractivity contribution in [2.24, 2.45) is 0 Å². The second kappa shape index (κ2) is 7.44. The Balaban J connectivity index is 2.91. The Morgan fingerprint density at radius 3 is 2.60 bits per heavy atom. The Morgan fingerprint density at radius 1 is 1.35 bits per heavy atom. The van der Waals surface area contributed by atoms with Crippen molar-refractivity contribution in [3.63, 3.8) is 0 Å². The Bertz CT molecular complexity index is 490. The van der Waals surface area contributed by atoms with E-state index >= 15 is 0 Å². The van der Waals surface area contributed by atoms with Crippen molar-refractivity contribution in [3.05, 3.63) is 33.9 Å². The zero-order chi connectivity index (χ0) is 15.1. The van der Waals surface area contributed by atoms with Crippen molar-refractivity contribution >= 4 is 17.3 Å². The second-order valence-corrected chi connectivity index (χ2v) is 4.47. The Kier molecular flexibility index (Phi) is 5.92. The van der Waals surface area contributed by atoms with Gasteiger partial charge in [0.1, 0.15) is 0 Å². The summed E-state index contributed by atoms with van der Waals surface area (Å²) in [6.45, 7) is 0.697. The van der Waals surface area contributed by atoms with Crippen LogP contribution in [0.3, 0.4) is 0 Å². The van der Waals surface area contributed by atoms with Crippen LogP contribution >= 0.6 is 0 Å². The molecule has 0 fully saturated rings. The number of anilines is 1. The highest BCUT2D eigenvalue weighted by Crippen LogP contribution is 2.25. The quantitative estimate of drug-likeness (QED) is 0.428. The van der Waals surface area contributed by atoms with Crippen molar-refractivity contribution in [1.29, 1.82) is 0 Å². The maximum atomic E-state index is 11.2. The summed E-state index contributed by atoms with van der Waals surface area (Å²) in [4.78, 5) is 23.1. The van der Waals surface area contributed by atoms with E-state index in [0.717, 1.165) is 12.8 Å². The van der Waals surface area contributed by atoms with Crippen molar-refractivity contribution in [2.75, 3.05) is 25.1 Å². The second-order valence-electron chi connectivity index (χ2n) is 4.47. The van der Waals surface area contributed by atoms with Crippen LogP contribution in [0.15, 0.2) is 18.2 Å². The third-order valence-electron chi connectivity index (χ3n) is 2.99. The number of carbonyl (C=O) groups is 1. The van der Waals surface area contributed by atoms with Gasteiger partial charge < -0.3 is 15.1 Å². The predicted molar refractivity (Wildman–Crippen MR) is 74.3 cm³/mol. The van der Waals surface area contributed by atoms with Crippen molar-refractivity contribution < 1.29 is 19.9 Å². The molecule has 0 saturated carbocycles. The summed E-state index contributed by atoms with van der Waals surface area (Å²) in [5, 5.41) is 28.6. The molecule has 0 aliphatic heterocycles. The van der Waals surface area contributed by atoms with Crippen LogP contribution in [-0.4, -0.2) is 41.3 Å². The molecule has 1 aromatic carbocycles. The summed E-state index contributed by atoms with van der Waals surface area (Å²) < 4.78 is 0. The maximum absolute atomic E-state index is 11.2. The standard InChI is InChI=1S/C13H18N2O5/c1-14(7-3-2-4-8-16)12-9-10(15(19)20)5-6-11(12)13(17)18/h5-6,9,16H,2-4,7-8H2,1H3,(H,17,18). The van der Waals surface area contributed by atoms with Gasteiger partial charge in [-0.05, 0) is 25.3 Å². The summed E-state index contributed by atoms with van der Waals surface area (Å²) in [6, 6.07) is 3.71. The first-order valence-corrected chi connectivity index (χ1v) is 6.31. The van der Waals surface area contributed by atoms with Crippen LogP contribution < -0.4 is 4.90 Å². The minimum absolute atomic E-state index is 0.0419. The summed E-state index contributed by atoms with van der Waals surface area (Å²) in [7, 11) is 1.70. The lowest BCUT2D eigenvalue weighted by atomic mass is 10.1. The van der Waals surface area contributed by atoms with E-state index < -0.39 is 10.9 Å². The molecule has 2 N–H and O–H groups in total. The third-order valence-corrected chi connectivity index (χ3v) is 2.99. The number of rotatable bonds is 8. The van der Waals surface area contributed by atoms with Gasteiger partial charge in [0, 0.05) is 32.3 Å². The number of unbranched alkanes of at least 4 members (excludes halogenated alkanes) is 2. The molecule has 7 heteroatoms. The molecule has 0 spiro atoms. The largest absolute Gasteiger partial charge is 0.478 e. The Hall–Kier alpha value is -2.15. The number of benzene rings is 1. The van der Waals surface area contributed by atoms with E-state index in [9.17, 15) is 14.9 Å². The highest BCUT2D eigenvalue weighted by molar-refractivity contribution is 5.95. The molecule has 0 unspecified atom stereocenters. The number of aromatic carboxylic acids is 1. The van der Waals surface area contributed by atoms with Gasteiger partial charge in [0.15, 0.2) is 0 Å². The third kappa shape index (κ3) is 4.20. The fraction of sp³-hybridized carbons (Fsp3) is 0.462. The molecule has 0 saturated heterocycles. The number of aliphatic hydroxyl groups excluding tert-OH is 1. The first-order valence-electron chi connectivity index (χ1n) is 6.31. The number of aliphatic hydroxyl groups is 1. The Labute approximate surface area is 116 Å². The van der Waals surface area contributed by atoms with Gasteiger partial charge in [-0.3, -0.25) is 10.1 Å². The fourth-order valence-corrected chi connectivity index (χ4v) is 1.89. The number of hydrogen-bond donors (Lipinski definition) is 2. The van der Waals surface area contributed by atoms with Gasteiger partial charge >= 0.3 is 5.97 Å². The highest BCUT2D eigenvalue weighted by atomic mass is 16.6. The lowest BCUT2D eigenvalue weighted by Crippen LogP contribution is -2.21. The van der Waals surface area contributed by atoms with Crippen LogP contribution in [0, 0.1) is 10.1 Å². The van der Waals surface area contributed by atoms with E-state index in [0.29, 0.717) is 18.7 Å². The topological polar surface area (TPSA) is 104 Å². The van der Waals surface area contributed by atoms with Gasteiger partial charge in [-0.15, -0.1) is 0 Å². The van der Waals surface area contributed by atoms with E-state index in [1.807, 2.05) is 0 Å². The lowest BCUT2D eigenvalue weighted by Gasteiger charge is -2.20. The van der Waals surface area contributed by atoms with E-state index in [2.05, 4.69) is 0 Å². The van der Waals surface area contributed by atoms with Gasteiger partial charge in [0.2, 0.25) is 0 Å². The first-order chi connectivity index (χ1) is 9.47. The summed E-state index contributed by atoms with van der Waals surface area (Å²) in [5.41, 5.74) is 0.239. The average Bonchev–Trinajstić information content (AvgIpc) is 2.42. The van der Waals surface area contributed by atoms with Crippen LogP contribution in [0.2, 0.25) is 0 Å². The molecule has 0 aliphatic rings. The van der Waals surface area contributed by atoms with Crippen LogP contribution in [0.4, 0.5) is 11.4 Å². The van der Waals surface area contributed by atoms with Crippen molar-refractivity contribution in [1.82, 2.24) is 0 Å². The molecule has 110 valence electrons. The molecule has 0 bridgehead atoms. The monoisotopic (exact) mass is 282 g/mol. The van der Waals surface area contributed by atoms with E-state index in [-0.39, 0.29) is 17.9 Å². The smallest absolute Gasteiger partial charge is 0.337 e. The fourth-order valence-electron chi connectivity index (χ4n) is 1.89. The predicted octanol–water partition coefficient (Wildman–Crippen LogP) is 1.89. The molecule has 0 amide bonds.